The summed E-state index contributed by atoms with van der Waals surface area (Å²) in [6.45, 7) is 6.53. The van der Waals surface area contributed by atoms with Crippen molar-refractivity contribution in [2.24, 2.45) is 20.5 Å². The van der Waals surface area contributed by atoms with Crippen LogP contribution in [0.25, 0.3) is 10.8 Å². The maximum absolute atomic E-state index is 12.3. The van der Waals surface area contributed by atoms with Crippen molar-refractivity contribution in [2.45, 2.75) is 37.5 Å². The third-order valence-corrected chi connectivity index (χ3v) is 8.80. The van der Waals surface area contributed by atoms with E-state index in [-0.39, 0.29) is 44.8 Å². The van der Waals surface area contributed by atoms with Crippen molar-refractivity contribution in [3.8, 4) is 5.75 Å². The van der Waals surface area contributed by atoms with Crippen LogP contribution in [0, 0.1) is 27.7 Å². The Labute approximate surface area is 279 Å². The van der Waals surface area contributed by atoms with E-state index in [9.17, 15) is 31.0 Å². The molecule has 0 fully saturated rings. The Hall–Kier alpha value is -5.14. The lowest BCUT2D eigenvalue weighted by Gasteiger charge is -2.16. The van der Waals surface area contributed by atoms with E-state index in [0.29, 0.717) is 28.2 Å². The third-order valence-electron chi connectivity index (χ3n) is 6.89. The number of nitrogen functional groups attached to an aromatic ring is 1. The average molecular weight is 710 g/mol. The Morgan fingerprint density at radius 2 is 1.44 bits per heavy atom. The van der Waals surface area contributed by atoms with E-state index in [2.05, 4.69) is 40.7 Å². The molecule has 48 heavy (non-hydrogen) atoms. The number of aryl methyl sites for hydroxylation is 4. The Morgan fingerprint density at radius 1 is 0.771 bits per heavy atom. The highest BCUT2D eigenvalue weighted by atomic mass is 35.5. The fourth-order valence-electron chi connectivity index (χ4n) is 4.66. The summed E-state index contributed by atoms with van der Waals surface area (Å²) < 4.78 is 72.3. The van der Waals surface area contributed by atoms with Crippen molar-refractivity contribution in [2.75, 3.05) is 11.1 Å². The monoisotopic (exact) mass is 709 g/mol. The Morgan fingerprint density at radius 3 is 2.10 bits per heavy atom. The second kappa shape index (κ2) is 12.8. The van der Waals surface area contributed by atoms with Gasteiger partial charge in [-0.15, -0.1) is 15.3 Å². The van der Waals surface area contributed by atoms with Gasteiger partial charge in [-0.2, -0.15) is 15.1 Å². The standard InChI is InChI=1S/C29H26ClN9O7S2/c1-13-5-8-21(47(41,42)43)20(9-13)37-38-25-15(3)10-17-11-22(48(44,45)46)26(27(40)23(17)24(25)31)39-36-19-12-18(7-6-14(19)2)34-29-33-16(4)32-28(30)35-29/h5-12,40H,31H2,1-4H3,(H,41,42,43)(H,44,45,46)(H,32,33,34,35)/p-2. The summed E-state index contributed by atoms with van der Waals surface area (Å²) in [7, 11) is -10.1. The van der Waals surface area contributed by atoms with E-state index in [1.165, 1.54) is 31.2 Å². The first-order valence-corrected chi connectivity index (χ1v) is 16.8. The molecule has 0 aliphatic rings. The van der Waals surface area contributed by atoms with Gasteiger partial charge < -0.3 is 25.3 Å². The van der Waals surface area contributed by atoms with Crippen molar-refractivity contribution < 1.29 is 31.0 Å². The summed E-state index contributed by atoms with van der Waals surface area (Å²) in [5, 5.41) is 30.3. The summed E-state index contributed by atoms with van der Waals surface area (Å²) in [6, 6.07) is 11.2. The Balaban J connectivity index is 1.63. The molecule has 0 radical (unpaired) electrons. The van der Waals surface area contributed by atoms with Crippen LogP contribution in [0.15, 0.2) is 78.8 Å². The van der Waals surface area contributed by atoms with Crippen LogP contribution in [-0.2, 0) is 20.2 Å². The molecule has 5 aromatic rings. The lowest BCUT2D eigenvalue weighted by atomic mass is 10.0. The van der Waals surface area contributed by atoms with Crippen molar-refractivity contribution in [3.63, 3.8) is 0 Å². The minimum absolute atomic E-state index is 0.0235. The number of halogens is 1. The van der Waals surface area contributed by atoms with Gasteiger partial charge in [-0.3, -0.25) is 0 Å². The molecule has 0 atom stereocenters. The number of benzene rings is 4. The van der Waals surface area contributed by atoms with E-state index in [0.717, 1.165) is 12.1 Å². The summed E-state index contributed by atoms with van der Waals surface area (Å²) >= 11 is 5.91. The highest BCUT2D eigenvalue weighted by Crippen LogP contribution is 2.47. The predicted molar refractivity (Wildman–Crippen MR) is 174 cm³/mol. The zero-order chi connectivity index (χ0) is 35.1. The zero-order valence-electron chi connectivity index (χ0n) is 25.4. The largest absolute Gasteiger partial charge is 0.744 e. The molecule has 0 aliphatic heterocycles. The molecular formula is C29H24ClN9O7S2-2. The average Bonchev–Trinajstić information content (AvgIpc) is 2.96. The van der Waals surface area contributed by atoms with Gasteiger partial charge in [0.2, 0.25) is 11.2 Å². The molecule has 0 unspecified atom stereocenters. The number of hydrogen-bond acceptors (Lipinski definition) is 16. The number of phenolic OH excluding ortho intramolecular Hbond substituents is 1. The number of azo groups is 2. The summed E-state index contributed by atoms with van der Waals surface area (Å²) in [4.78, 5) is 10.6. The molecule has 4 N–H and O–H groups in total. The van der Waals surface area contributed by atoms with Crippen LogP contribution in [0.4, 0.5) is 40.1 Å². The topological polar surface area (TPSA) is 261 Å². The number of nitrogens with zero attached hydrogens (tertiary/aromatic N) is 7. The van der Waals surface area contributed by atoms with E-state index in [4.69, 9.17) is 17.3 Å². The highest BCUT2D eigenvalue weighted by Gasteiger charge is 2.22. The number of nitrogens with two attached hydrogens (primary N) is 1. The first-order valence-electron chi connectivity index (χ1n) is 13.6. The quantitative estimate of drug-likeness (QED) is 0.0876. The molecule has 0 saturated carbocycles. The predicted octanol–water partition coefficient (Wildman–Crippen LogP) is 6.58. The molecule has 248 valence electrons. The highest BCUT2D eigenvalue weighted by molar-refractivity contribution is 7.86. The smallest absolute Gasteiger partial charge is 0.231 e. The van der Waals surface area contributed by atoms with Gasteiger partial charge in [-0.1, -0.05) is 12.1 Å². The molecule has 0 amide bonds. The molecule has 1 aromatic heterocycles. The molecule has 5 rings (SSSR count). The van der Waals surface area contributed by atoms with Crippen LogP contribution in [0.3, 0.4) is 0 Å². The second-order valence-electron chi connectivity index (χ2n) is 10.5. The number of rotatable bonds is 8. The first kappa shape index (κ1) is 34.2. The van der Waals surface area contributed by atoms with Gasteiger partial charge in [-0.05, 0) is 97.8 Å². The van der Waals surface area contributed by atoms with Gasteiger partial charge in [0.1, 0.15) is 43.1 Å². The number of phenols is 1. The van der Waals surface area contributed by atoms with Gasteiger partial charge in [0.15, 0.2) is 5.75 Å². The molecule has 0 aliphatic carbocycles. The van der Waals surface area contributed by atoms with E-state index in [1.807, 2.05) is 0 Å². The van der Waals surface area contributed by atoms with Crippen molar-refractivity contribution >= 4 is 82.7 Å². The van der Waals surface area contributed by atoms with Gasteiger partial charge in [0.25, 0.3) is 0 Å². The third kappa shape index (κ3) is 7.21. The summed E-state index contributed by atoms with van der Waals surface area (Å²) in [5.74, 6) is -0.268. The van der Waals surface area contributed by atoms with Crippen molar-refractivity contribution in [1.82, 2.24) is 15.0 Å². The summed E-state index contributed by atoms with van der Waals surface area (Å²) in [5.41, 5.74) is 7.41. The normalized spacial score (nSPS) is 12.4. The van der Waals surface area contributed by atoms with Crippen LogP contribution in [0.5, 0.6) is 5.75 Å². The zero-order valence-corrected chi connectivity index (χ0v) is 27.8. The van der Waals surface area contributed by atoms with Gasteiger partial charge in [-0.25, -0.2) is 21.8 Å². The fourth-order valence-corrected chi connectivity index (χ4v) is 6.10. The lowest BCUT2D eigenvalue weighted by Crippen LogP contribution is -2.01. The van der Waals surface area contributed by atoms with E-state index >= 15 is 0 Å². The van der Waals surface area contributed by atoms with E-state index < -0.39 is 41.5 Å². The van der Waals surface area contributed by atoms with Crippen LogP contribution < -0.4 is 11.1 Å². The number of hydrogen-bond donors (Lipinski definition) is 3. The maximum Gasteiger partial charge on any atom is 0.231 e. The van der Waals surface area contributed by atoms with Crippen molar-refractivity contribution in [1.29, 1.82) is 0 Å². The van der Waals surface area contributed by atoms with Gasteiger partial charge >= 0.3 is 0 Å². The Kier molecular flexibility index (Phi) is 9.13. The molecule has 0 saturated heterocycles. The first-order chi connectivity index (χ1) is 22.4. The second-order valence-corrected chi connectivity index (χ2v) is 13.5. The van der Waals surface area contributed by atoms with Crippen LogP contribution >= 0.6 is 11.6 Å². The molecule has 19 heteroatoms. The minimum atomic E-state index is -5.20. The lowest BCUT2D eigenvalue weighted by molar-refractivity contribution is 0.458. The number of nitrogens with one attached hydrogen (secondary N) is 1. The fraction of sp³-hybridized carbons (Fsp3) is 0.138. The molecule has 0 bridgehead atoms. The molecular weight excluding hydrogens is 686 g/mol. The van der Waals surface area contributed by atoms with Crippen molar-refractivity contribution in [3.05, 3.63) is 76.3 Å². The molecule has 1 heterocycles. The number of fused-ring (bicyclic) bond motifs is 1. The number of aromatic nitrogens is 3. The van der Waals surface area contributed by atoms with Crippen LogP contribution in [-0.4, -0.2) is 46.0 Å². The van der Waals surface area contributed by atoms with E-state index in [1.54, 1.807) is 32.9 Å². The molecule has 16 nitrogen and oxygen atoms in total. The van der Waals surface area contributed by atoms with Gasteiger partial charge in [0, 0.05) is 5.69 Å². The Bertz CT molecular complexity index is 2400. The molecule has 4 aromatic carbocycles. The minimum Gasteiger partial charge on any atom is -0.744 e. The molecule has 0 spiro atoms. The van der Waals surface area contributed by atoms with Crippen LogP contribution in [0.2, 0.25) is 5.28 Å². The SMILES string of the molecule is Cc1ccc(S(=O)(=O)[O-])c(N=Nc2c(C)cc3cc(S(=O)(=O)[O-])c(N=Nc4cc(Nc5nc(C)nc(Cl)n5)ccc4C)c(O)c3c2N)c1. The van der Waals surface area contributed by atoms with Crippen LogP contribution in [0.1, 0.15) is 22.5 Å². The number of aromatic hydroxyl groups is 1. The maximum atomic E-state index is 12.3. The van der Waals surface area contributed by atoms with Gasteiger partial charge in [0.05, 0.1) is 26.6 Å². The number of anilines is 3. The summed E-state index contributed by atoms with van der Waals surface area (Å²) in [6.07, 6.45) is 0.